The largest absolute Gasteiger partial charge is 0.276 e. The molecule has 0 radical (unpaired) electrons. The maximum atomic E-state index is 4.46. The van der Waals surface area contributed by atoms with E-state index in [9.17, 15) is 0 Å². The van der Waals surface area contributed by atoms with Crippen molar-refractivity contribution in [3.63, 3.8) is 0 Å². The number of amidine groups is 1. The van der Waals surface area contributed by atoms with Gasteiger partial charge in [0.15, 0.2) is 0 Å². The van der Waals surface area contributed by atoms with E-state index in [1.54, 1.807) is 0 Å². The lowest BCUT2D eigenvalue weighted by Crippen LogP contribution is -2.01. The Kier molecular flexibility index (Phi) is 5.54. The van der Waals surface area contributed by atoms with E-state index in [0.717, 1.165) is 16.9 Å². The van der Waals surface area contributed by atoms with E-state index < -0.39 is 0 Å². The van der Waals surface area contributed by atoms with Crippen LogP contribution in [0.2, 0.25) is 0 Å². The van der Waals surface area contributed by atoms with Crippen LogP contribution in [-0.2, 0) is 0 Å². The van der Waals surface area contributed by atoms with Crippen LogP contribution in [0.3, 0.4) is 0 Å². The summed E-state index contributed by atoms with van der Waals surface area (Å²) < 4.78 is 0. The van der Waals surface area contributed by atoms with Crippen molar-refractivity contribution in [3.05, 3.63) is 95.1 Å². The Labute approximate surface area is 154 Å². The number of nitrogens with zero attached hydrogens (tertiary/aromatic N) is 3. The second-order valence-corrected chi connectivity index (χ2v) is 6.31. The van der Waals surface area contributed by atoms with Gasteiger partial charge in [-0.3, -0.25) is 5.43 Å². The topological polar surface area (TPSA) is 49.1 Å². The Bertz CT molecular complexity index is 906. The molecule has 130 valence electrons. The van der Waals surface area contributed by atoms with Crippen LogP contribution in [0.5, 0.6) is 0 Å². The second-order valence-electron chi connectivity index (χ2n) is 6.31. The van der Waals surface area contributed by atoms with E-state index in [0.29, 0.717) is 5.84 Å². The van der Waals surface area contributed by atoms with E-state index in [1.807, 2.05) is 79.7 Å². The third kappa shape index (κ3) is 4.86. The Morgan fingerprint density at radius 2 is 1.15 bits per heavy atom. The summed E-state index contributed by atoms with van der Waals surface area (Å²) >= 11 is 0. The van der Waals surface area contributed by atoms with Crippen molar-refractivity contribution in [1.29, 1.82) is 0 Å². The van der Waals surface area contributed by atoms with E-state index in [2.05, 4.69) is 34.6 Å². The molecule has 0 aliphatic heterocycles. The monoisotopic (exact) mass is 342 g/mol. The Hall–Kier alpha value is -3.27. The number of rotatable bonds is 4. The lowest BCUT2D eigenvalue weighted by molar-refractivity contribution is 1.22. The number of hydrogen-bond donors (Lipinski definition) is 1. The van der Waals surface area contributed by atoms with Gasteiger partial charge in [0.05, 0.1) is 11.4 Å². The van der Waals surface area contributed by atoms with E-state index in [4.69, 9.17) is 0 Å². The molecule has 0 bridgehead atoms. The summed E-state index contributed by atoms with van der Waals surface area (Å²) in [6, 6.07) is 24.1. The Morgan fingerprint density at radius 1 is 0.654 bits per heavy atom. The molecular weight excluding hydrogens is 320 g/mol. The van der Waals surface area contributed by atoms with E-state index in [1.165, 1.54) is 16.7 Å². The molecule has 1 N–H and O–H groups in total. The summed E-state index contributed by atoms with van der Waals surface area (Å²) in [4.78, 5) is 0. The number of hydrazone groups is 1. The van der Waals surface area contributed by atoms with Gasteiger partial charge in [0.2, 0.25) is 5.84 Å². The zero-order chi connectivity index (χ0) is 18.4. The molecule has 0 aliphatic rings. The fourth-order valence-electron chi connectivity index (χ4n) is 2.31. The number of benzene rings is 3. The minimum atomic E-state index is 0.533. The van der Waals surface area contributed by atoms with Gasteiger partial charge in [-0.05, 0) is 45.0 Å². The SMILES string of the molecule is Cc1ccc(N=N/C(=N/Nc2ccc(C)cc2)c2ccc(C)cc2)cc1. The van der Waals surface area contributed by atoms with Crippen LogP contribution in [-0.4, -0.2) is 5.84 Å². The zero-order valence-corrected chi connectivity index (χ0v) is 15.3. The first-order chi connectivity index (χ1) is 12.6. The van der Waals surface area contributed by atoms with Crippen molar-refractivity contribution in [2.45, 2.75) is 20.8 Å². The van der Waals surface area contributed by atoms with Crippen LogP contribution in [0.25, 0.3) is 0 Å². The lowest BCUT2D eigenvalue weighted by Gasteiger charge is -2.04. The molecule has 0 saturated heterocycles. The van der Waals surface area contributed by atoms with Crippen LogP contribution in [0, 0.1) is 20.8 Å². The van der Waals surface area contributed by atoms with Gasteiger partial charge in [0.1, 0.15) is 0 Å². The van der Waals surface area contributed by atoms with Gasteiger partial charge in [0, 0.05) is 5.56 Å². The van der Waals surface area contributed by atoms with Crippen molar-refractivity contribution in [1.82, 2.24) is 0 Å². The number of anilines is 1. The fourth-order valence-corrected chi connectivity index (χ4v) is 2.31. The van der Waals surface area contributed by atoms with Gasteiger partial charge in [-0.1, -0.05) is 65.2 Å². The molecule has 3 aromatic rings. The average Bonchev–Trinajstić information content (AvgIpc) is 2.65. The smallest absolute Gasteiger partial charge is 0.201 e. The summed E-state index contributed by atoms with van der Waals surface area (Å²) in [6.07, 6.45) is 0. The molecule has 0 aliphatic carbocycles. The van der Waals surface area contributed by atoms with Gasteiger partial charge in [-0.25, -0.2) is 0 Å². The summed E-state index contributed by atoms with van der Waals surface area (Å²) in [6.45, 7) is 6.16. The molecule has 0 unspecified atom stereocenters. The molecule has 4 heteroatoms. The highest BCUT2D eigenvalue weighted by Gasteiger charge is 2.03. The quantitative estimate of drug-likeness (QED) is 0.262. The molecule has 0 heterocycles. The molecule has 0 spiro atoms. The number of azo groups is 1. The first kappa shape index (κ1) is 17.5. The highest BCUT2D eigenvalue weighted by molar-refractivity contribution is 5.99. The number of hydrogen-bond acceptors (Lipinski definition) is 3. The minimum Gasteiger partial charge on any atom is -0.276 e. The van der Waals surface area contributed by atoms with Gasteiger partial charge in [-0.2, -0.15) is 5.10 Å². The molecule has 0 atom stereocenters. The summed E-state index contributed by atoms with van der Waals surface area (Å²) in [7, 11) is 0. The van der Waals surface area contributed by atoms with Crippen molar-refractivity contribution < 1.29 is 0 Å². The Balaban J connectivity index is 1.87. The molecule has 0 fully saturated rings. The molecule has 26 heavy (non-hydrogen) atoms. The van der Waals surface area contributed by atoms with Crippen LogP contribution in [0.1, 0.15) is 22.3 Å². The number of aryl methyl sites for hydroxylation is 3. The third-order valence-corrected chi connectivity index (χ3v) is 3.95. The molecule has 4 nitrogen and oxygen atoms in total. The zero-order valence-electron chi connectivity index (χ0n) is 15.3. The number of nitrogens with one attached hydrogen (secondary N) is 1. The normalized spacial score (nSPS) is 11.7. The molecular formula is C22H22N4. The van der Waals surface area contributed by atoms with Gasteiger partial charge >= 0.3 is 0 Å². The van der Waals surface area contributed by atoms with Crippen LogP contribution in [0.15, 0.2) is 88.1 Å². The molecule has 0 amide bonds. The summed E-state index contributed by atoms with van der Waals surface area (Å²) in [5, 5.41) is 13.2. The van der Waals surface area contributed by atoms with E-state index >= 15 is 0 Å². The highest BCUT2D eigenvalue weighted by atomic mass is 15.3. The standard InChI is InChI=1S/C22H22N4/c1-16-4-10-19(11-5-16)22(25-23-20-12-6-17(2)7-13-20)26-24-21-14-8-18(3)9-15-21/h4-15,23H,1-3H3/b25-22+,26-24?. The van der Waals surface area contributed by atoms with Gasteiger partial charge in [-0.15, -0.1) is 10.2 Å². The van der Waals surface area contributed by atoms with Gasteiger partial charge in [0.25, 0.3) is 0 Å². The predicted molar refractivity (Wildman–Crippen MR) is 108 cm³/mol. The minimum absolute atomic E-state index is 0.533. The average molecular weight is 342 g/mol. The van der Waals surface area contributed by atoms with Crippen molar-refractivity contribution in [2.75, 3.05) is 5.43 Å². The first-order valence-corrected chi connectivity index (χ1v) is 8.56. The summed E-state index contributed by atoms with van der Waals surface area (Å²) in [5.41, 5.74) is 9.27. The van der Waals surface area contributed by atoms with Crippen molar-refractivity contribution in [2.24, 2.45) is 15.3 Å². The molecule has 0 aromatic heterocycles. The third-order valence-electron chi connectivity index (χ3n) is 3.95. The molecule has 0 saturated carbocycles. The van der Waals surface area contributed by atoms with E-state index in [-0.39, 0.29) is 0 Å². The molecule has 3 aromatic carbocycles. The summed E-state index contributed by atoms with van der Waals surface area (Å²) in [5.74, 6) is 0.533. The second kappa shape index (κ2) is 8.21. The fraction of sp³-hybridized carbons (Fsp3) is 0.136. The lowest BCUT2D eigenvalue weighted by atomic mass is 10.1. The van der Waals surface area contributed by atoms with Crippen LogP contribution in [0.4, 0.5) is 11.4 Å². The highest BCUT2D eigenvalue weighted by Crippen LogP contribution is 2.15. The molecule has 3 rings (SSSR count). The van der Waals surface area contributed by atoms with Gasteiger partial charge < -0.3 is 0 Å². The van der Waals surface area contributed by atoms with Crippen LogP contribution >= 0.6 is 0 Å². The Morgan fingerprint density at radius 3 is 1.73 bits per heavy atom. The maximum absolute atomic E-state index is 4.46. The maximum Gasteiger partial charge on any atom is 0.201 e. The van der Waals surface area contributed by atoms with Crippen molar-refractivity contribution >= 4 is 17.2 Å². The van der Waals surface area contributed by atoms with Crippen molar-refractivity contribution in [3.8, 4) is 0 Å². The first-order valence-electron chi connectivity index (χ1n) is 8.56. The predicted octanol–water partition coefficient (Wildman–Crippen LogP) is 6.17. The van der Waals surface area contributed by atoms with Crippen LogP contribution < -0.4 is 5.43 Å².